The van der Waals surface area contributed by atoms with Gasteiger partial charge in [-0.1, -0.05) is 11.8 Å². The summed E-state index contributed by atoms with van der Waals surface area (Å²) in [6.07, 6.45) is -2.65. The van der Waals surface area contributed by atoms with Crippen LogP contribution >= 0.6 is 24.2 Å². The first-order valence-electron chi connectivity index (χ1n) is 11.6. The number of piperidine rings is 1. The summed E-state index contributed by atoms with van der Waals surface area (Å²) in [5, 5.41) is 6.83. The average Bonchev–Trinajstić information content (AvgIpc) is 2.79. The highest BCUT2D eigenvalue weighted by atomic mass is 35.5. The van der Waals surface area contributed by atoms with Crippen molar-refractivity contribution in [2.45, 2.75) is 48.7 Å². The first kappa shape index (κ1) is 26.8. The van der Waals surface area contributed by atoms with Gasteiger partial charge in [-0.2, -0.15) is 13.2 Å². The molecule has 0 amide bonds. The predicted molar refractivity (Wildman–Crippen MR) is 138 cm³/mol. The molecular weight excluding hydrogens is 483 g/mol. The molecule has 1 fully saturated rings. The van der Waals surface area contributed by atoms with Crippen LogP contribution in [0.2, 0.25) is 0 Å². The van der Waals surface area contributed by atoms with Crippen LogP contribution in [-0.2, 0) is 6.18 Å². The summed E-state index contributed by atoms with van der Waals surface area (Å²) in [6.45, 7) is 9.21. The van der Waals surface area contributed by atoms with E-state index in [1.165, 1.54) is 23.9 Å². The van der Waals surface area contributed by atoms with Gasteiger partial charge in [-0.3, -0.25) is 0 Å². The second kappa shape index (κ2) is 11.3. The van der Waals surface area contributed by atoms with Crippen molar-refractivity contribution >= 4 is 46.9 Å². The molecule has 0 atom stereocenters. The standard InChI is InChI=1S/C24H32F3N5S.ClH/c1-3-32(4-2)18-5-6-19-21(15-18)33-22-14-16(24(25,26)27)13-20(23(22)30-19)29-17-7-10-31(11-8-17)12-9-28;/h5-6,13-15,17,29-30H,3-4,7-12,28H2,1-2H3;1H. The number of hydrogen-bond donors (Lipinski definition) is 3. The van der Waals surface area contributed by atoms with Gasteiger partial charge in [0.25, 0.3) is 0 Å². The second-order valence-corrected chi connectivity index (χ2v) is 9.61. The number of benzene rings is 2. The molecule has 0 saturated carbocycles. The summed E-state index contributed by atoms with van der Waals surface area (Å²) < 4.78 is 41.2. The Morgan fingerprint density at radius 1 is 1.12 bits per heavy atom. The highest BCUT2D eigenvalue weighted by Gasteiger charge is 2.34. The molecule has 1 saturated heterocycles. The van der Waals surface area contributed by atoms with Gasteiger partial charge in [0.2, 0.25) is 0 Å². The molecule has 5 nitrogen and oxygen atoms in total. The first-order valence-corrected chi connectivity index (χ1v) is 12.4. The lowest BCUT2D eigenvalue weighted by Crippen LogP contribution is -2.41. The molecule has 2 heterocycles. The number of hydrogen-bond acceptors (Lipinski definition) is 6. The molecule has 2 aromatic rings. The smallest absolute Gasteiger partial charge is 0.380 e. The number of fused-ring (bicyclic) bond motifs is 2. The largest absolute Gasteiger partial charge is 0.416 e. The SMILES string of the molecule is CCN(CC)c1ccc2c(c1)Sc1cc(C(F)(F)F)cc(NC3CCN(CCN)CC3)c1N2.Cl. The van der Waals surface area contributed by atoms with Gasteiger partial charge in [0.15, 0.2) is 0 Å². The van der Waals surface area contributed by atoms with Gasteiger partial charge in [-0.05, 0) is 57.0 Å². The first-order chi connectivity index (χ1) is 15.8. The second-order valence-electron chi connectivity index (χ2n) is 8.52. The van der Waals surface area contributed by atoms with Gasteiger partial charge in [0, 0.05) is 60.8 Å². The Morgan fingerprint density at radius 3 is 2.44 bits per heavy atom. The van der Waals surface area contributed by atoms with Gasteiger partial charge in [0.05, 0.1) is 22.6 Å². The molecule has 0 aliphatic carbocycles. The molecule has 34 heavy (non-hydrogen) atoms. The van der Waals surface area contributed by atoms with Crippen LogP contribution < -0.4 is 21.3 Å². The molecule has 0 bridgehead atoms. The number of nitrogens with one attached hydrogen (secondary N) is 2. The van der Waals surface area contributed by atoms with Crippen molar-refractivity contribution in [2.75, 3.05) is 54.8 Å². The van der Waals surface area contributed by atoms with E-state index in [9.17, 15) is 13.2 Å². The minimum Gasteiger partial charge on any atom is -0.380 e. The van der Waals surface area contributed by atoms with E-state index in [4.69, 9.17) is 5.73 Å². The van der Waals surface area contributed by atoms with Crippen molar-refractivity contribution < 1.29 is 13.2 Å². The number of nitrogens with zero attached hydrogens (tertiary/aromatic N) is 2. The molecule has 188 valence electrons. The van der Waals surface area contributed by atoms with Crippen LogP contribution in [-0.4, -0.2) is 50.2 Å². The Kier molecular flexibility index (Phi) is 8.89. The lowest BCUT2D eigenvalue weighted by molar-refractivity contribution is -0.137. The quantitative estimate of drug-likeness (QED) is 0.358. The van der Waals surface area contributed by atoms with Crippen LogP contribution in [0.25, 0.3) is 0 Å². The zero-order valence-corrected chi connectivity index (χ0v) is 21.2. The van der Waals surface area contributed by atoms with E-state index in [0.717, 1.165) is 67.5 Å². The fourth-order valence-corrected chi connectivity index (χ4v) is 5.64. The minimum absolute atomic E-state index is 0. The van der Waals surface area contributed by atoms with E-state index in [-0.39, 0.29) is 18.4 Å². The molecule has 0 aromatic heterocycles. The molecule has 2 aliphatic rings. The molecule has 2 aromatic carbocycles. The lowest BCUT2D eigenvalue weighted by atomic mass is 10.0. The Labute approximate surface area is 210 Å². The molecular formula is C24H33ClF3N5S. The van der Waals surface area contributed by atoms with E-state index >= 15 is 0 Å². The van der Waals surface area contributed by atoms with Crippen LogP contribution in [0.3, 0.4) is 0 Å². The highest BCUT2D eigenvalue weighted by molar-refractivity contribution is 7.99. The van der Waals surface area contributed by atoms with Crippen molar-refractivity contribution in [1.82, 2.24) is 4.90 Å². The zero-order chi connectivity index (χ0) is 23.6. The van der Waals surface area contributed by atoms with E-state index in [0.29, 0.717) is 17.1 Å². The molecule has 4 rings (SSSR count). The Balaban J connectivity index is 0.00000324. The number of likely N-dealkylation sites (tertiary alicyclic amines) is 1. The number of alkyl halides is 3. The molecule has 10 heteroatoms. The van der Waals surface area contributed by atoms with Crippen molar-refractivity contribution in [3.05, 3.63) is 35.9 Å². The summed E-state index contributed by atoms with van der Waals surface area (Å²) in [5.41, 5.74) is 8.27. The summed E-state index contributed by atoms with van der Waals surface area (Å²) in [7, 11) is 0. The average molecular weight is 516 g/mol. The topological polar surface area (TPSA) is 56.6 Å². The van der Waals surface area contributed by atoms with E-state index < -0.39 is 11.7 Å². The molecule has 0 spiro atoms. The van der Waals surface area contributed by atoms with Crippen molar-refractivity contribution in [1.29, 1.82) is 0 Å². The third-order valence-corrected chi connectivity index (χ3v) is 7.49. The fourth-order valence-electron chi connectivity index (χ4n) is 4.54. The molecule has 0 radical (unpaired) electrons. The Bertz CT molecular complexity index is 976. The van der Waals surface area contributed by atoms with Crippen LogP contribution in [0.1, 0.15) is 32.3 Å². The normalized spacial score (nSPS) is 16.2. The summed E-state index contributed by atoms with van der Waals surface area (Å²) >= 11 is 1.40. The summed E-state index contributed by atoms with van der Waals surface area (Å²) in [5.74, 6) is 0. The monoisotopic (exact) mass is 515 g/mol. The van der Waals surface area contributed by atoms with Crippen LogP contribution in [0, 0.1) is 0 Å². The maximum Gasteiger partial charge on any atom is 0.416 e. The van der Waals surface area contributed by atoms with Gasteiger partial charge in [-0.25, -0.2) is 0 Å². The number of halogens is 4. The van der Waals surface area contributed by atoms with Gasteiger partial charge in [-0.15, -0.1) is 12.4 Å². The van der Waals surface area contributed by atoms with Crippen LogP contribution in [0.4, 0.5) is 35.9 Å². The summed E-state index contributed by atoms with van der Waals surface area (Å²) in [4.78, 5) is 6.06. The molecule has 0 unspecified atom stereocenters. The van der Waals surface area contributed by atoms with E-state index in [2.05, 4.69) is 46.4 Å². The van der Waals surface area contributed by atoms with Crippen molar-refractivity contribution in [2.24, 2.45) is 5.73 Å². The van der Waals surface area contributed by atoms with Crippen molar-refractivity contribution in [3.8, 4) is 0 Å². The van der Waals surface area contributed by atoms with E-state index in [1.807, 2.05) is 6.07 Å². The van der Waals surface area contributed by atoms with E-state index in [1.54, 1.807) is 0 Å². The Morgan fingerprint density at radius 2 is 1.82 bits per heavy atom. The highest BCUT2D eigenvalue weighted by Crippen LogP contribution is 2.50. The minimum atomic E-state index is -4.40. The van der Waals surface area contributed by atoms with Gasteiger partial charge < -0.3 is 26.2 Å². The fraction of sp³-hybridized carbons (Fsp3) is 0.500. The third-order valence-electron chi connectivity index (χ3n) is 6.40. The van der Waals surface area contributed by atoms with Gasteiger partial charge >= 0.3 is 6.18 Å². The predicted octanol–water partition coefficient (Wildman–Crippen LogP) is 6.02. The molecule has 2 aliphatic heterocycles. The number of rotatable bonds is 7. The number of anilines is 4. The Hall–Kier alpha value is -1.81. The zero-order valence-electron chi connectivity index (χ0n) is 19.5. The molecule has 4 N–H and O–H groups in total. The third kappa shape index (κ3) is 5.87. The maximum atomic E-state index is 13.7. The van der Waals surface area contributed by atoms with Crippen molar-refractivity contribution in [3.63, 3.8) is 0 Å². The number of nitrogens with two attached hydrogens (primary N) is 1. The lowest BCUT2D eigenvalue weighted by Gasteiger charge is -2.34. The van der Waals surface area contributed by atoms with Crippen LogP contribution in [0.5, 0.6) is 0 Å². The summed E-state index contributed by atoms with van der Waals surface area (Å²) in [6, 6.07) is 8.78. The van der Waals surface area contributed by atoms with Gasteiger partial charge in [0.1, 0.15) is 0 Å². The van der Waals surface area contributed by atoms with Crippen LogP contribution in [0.15, 0.2) is 40.1 Å². The maximum absolute atomic E-state index is 13.7.